The van der Waals surface area contributed by atoms with Gasteiger partial charge in [0.15, 0.2) is 10.8 Å². The van der Waals surface area contributed by atoms with Gasteiger partial charge in [0, 0.05) is 24.6 Å². The summed E-state index contributed by atoms with van der Waals surface area (Å²) in [6.07, 6.45) is 2.22. The smallest absolute Gasteiger partial charge is 0.357 e. The Morgan fingerprint density at radius 2 is 2.50 bits per heavy atom. The van der Waals surface area contributed by atoms with Crippen LogP contribution < -0.4 is 5.32 Å². The largest absolute Gasteiger partial charge is 0.464 e. The molecule has 1 atom stereocenters. The van der Waals surface area contributed by atoms with Crippen LogP contribution in [0.1, 0.15) is 28.2 Å². The zero-order valence-corrected chi connectivity index (χ0v) is 11.5. The Morgan fingerprint density at radius 3 is 3.17 bits per heavy atom. The summed E-state index contributed by atoms with van der Waals surface area (Å²) >= 11 is 1.49. The molecule has 1 fully saturated rings. The predicted octanol–water partition coefficient (Wildman–Crippen LogP) is 2.08. The number of carbonyl (C=O) groups is 1. The maximum atomic E-state index is 11.4. The van der Waals surface area contributed by atoms with Gasteiger partial charge in [-0.25, -0.2) is 9.78 Å². The van der Waals surface area contributed by atoms with Crippen LogP contribution in [0.4, 0.5) is 5.13 Å². The molecular weight excluding hydrogens is 252 g/mol. The molecule has 5 nitrogen and oxygen atoms in total. The Morgan fingerprint density at radius 1 is 1.67 bits per heavy atom. The molecule has 0 saturated carbocycles. The molecule has 0 aromatic carbocycles. The zero-order valence-electron chi connectivity index (χ0n) is 10.7. The summed E-state index contributed by atoms with van der Waals surface area (Å²) < 4.78 is 10.0. The summed E-state index contributed by atoms with van der Waals surface area (Å²) in [5, 5.41) is 4.04. The molecule has 0 amide bonds. The molecule has 0 aliphatic carbocycles. The van der Waals surface area contributed by atoms with Crippen molar-refractivity contribution in [3.63, 3.8) is 0 Å². The fourth-order valence-corrected chi connectivity index (χ4v) is 2.78. The second-order valence-electron chi connectivity index (χ2n) is 4.36. The summed E-state index contributed by atoms with van der Waals surface area (Å²) in [7, 11) is 1.37. The lowest BCUT2D eigenvalue weighted by Gasteiger charge is -2.07. The van der Waals surface area contributed by atoms with Crippen LogP contribution in [-0.4, -0.2) is 37.8 Å². The monoisotopic (exact) mass is 270 g/mol. The number of hydrogen-bond acceptors (Lipinski definition) is 6. The summed E-state index contributed by atoms with van der Waals surface area (Å²) in [5.74, 6) is 0.277. The third kappa shape index (κ3) is 3.20. The van der Waals surface area contributed by atoms with E-state index in [4.69, 9.17) is 4.74 Å². The van der Waals surface area contributed by atoms with Gasteiger partial charge in [0.2, 0.25) is 0 Å². The van der Waals surface area contributed by atoms with Gasteiger partial charge in [0.1, 0.15) is 0 Å². The van der Waals surface area contributed by atoms with Crippen molar-refractivity contribution in [2.24, 2.45) is 5.92 Å². The van der Waals surface area contributed by atoms with E-state index in [1.807, 2.05) is 6.92 Å². The number of aryl methyl sites for hydroxylation is 1. The van der Waals surface area contributed by atoms with Crippen LogP contribution in [0.5, 0.6) is 0 Å². The summed E-state index contributed by atoms with van der Waals surface area (Å²) in [4.78, 5) is 16.5. The zero-order chi connectivity index (χ0) is 13.0. The van der Waals surface area contributed by atoms with E-state index in [0.29, 0.717) is 11.6 Å². The number of ether oxygens (including phenoxy) is 2. The van der Waals surface area contributed by atoms with Gasteiger partial charge < -0.3 is 14.8 Å². The number of hydrogen-bond donors (Lipinski definition) is 1. The predicted molar refractivity (Wildman–Crippen MR) is 70.2 cm³/mol. The standard InChI is InChI=1S/C12H18N2O3S/c1-8-10(11(15)16-2)14-12(18-8)13-5-3-9-4-6-17-7-9/h9H,3-7H2,1-2H3,(H,13,14). The van der Waals surface area contributed by atoms with Crippen molar-refractivity contribution in [2.45, 2.75) is 19.8 Å². The number of esters is 1. The minimum atomic E-state index is -0.374. The fraction of sp³-hybridized carbons (Fsp3) is 0.667. The van der Waals surface area contributed by atoms with Crippen LogP contribution in [0.25, 0.3) is 0 Å². The summed E-state index contributed by atoms with van der Waals surface area (Å²) in [6, 6.07) is 0. The highest BCUT2D eigenvalue weighted by Gasteiger charge is 2.17. The highest BCUT2D eigenvalue weighted by atomic mass is 32.1. The third-order valence-electron chi connectivity index (χ3n) is 3.03. The fourth-order valence-electron chi connectivity index (χ4n) is 1.95. The molecule has 0 bridgehead atoms. The van der Waals surface area contributed by atoms with Crippen LogP contribution in [0, 0.1) is 12.8 Å². The van der Waals surface area contributed by atoms with Gasteiger partial charge in [0.05, 0.1) is 7.11 Å². The van der Waals surface area contributed by atoms with Crippen LogP contribution in [0.3, 0.4) is 0 Å². The number of nitrogens with zero attached hydrogens (tertiary/aromatic N) is 1. The van der Waals surface area contributed by atoms with Gasteiger partial charge in [-0.1, -0.05) is 0 Å². The summed E-state index contributed by atoms with van der Waals surface area (Å²) in [6.45, 7) is 4.49. The highest BCUT2D eigenvalue weighted by Crippen LogP contribution is 2.23. The first-order valence-electron chi connectivity index (χ1n) is 6.08. The maximum absolute atomic E-state index is 11.4. The third-order valence-corrected chi connectivity index (χ3v) is 3.96. The minimum Gasteiger partial charge on any atom is -0.464 e. The van der Waals surface area contributed by atoms with E-state index in [0.717, 1.165) is 42.6 Å². The van der Waals surface area contributed by atoms with E-state index < -0.39 is 0 Å². The molecule has 1 aliphatic heterocycles. The molecular formula is C12H18N2O3S. The number of aromatic nitrogens is 1. The minimum absolute atomic E-state index is 0.374. The number of carbonyl (C=O) groups excluding carboxylic acids is 1. The van der Waals surface area contributed by atoms with Crippen LogP contribution >= 0.6 is 11.3 Å². The van der Waals surface area contributed by atoms with Crippen molar-refractivity contribution in [1.29, 1.82) is 0 Å². The molecule has 1 aromatic rings. The highest BCUT2D eigenvalue weighted by molar-refractivity contribution is 7.15. The Kier molecular flexibility index (Phi) is 4.54. The Hall–Kier alpha value is -1.14. The Bertz CT molecular complexity index is 413. The van der Waals surface area contributed by atoms with Gasteiger partial charge in [-0.15, -0.1) is 11.3 Å². The van der Waals surface area contributed by atoms with Gasteiger partial charge in [-0.3, -0.25) is 0 Å². The second-order valence-corrected chi connectivity index (χ2v) is 5.56. The average molecular weight is 270 g/mol. The van der Waals surface area contributed by atoms with Gasteiger partial charge in [-0.05, 0) is 25.7 Å². The molecule has 2 heterocycles. The van der Waals surface area contributed by atoms with Gasteiger partial charge in [-0.2, -0.15) is 0 Å². The lowest BCUT2D eigenvalue weighted by Crippen LogP contribution is -2.09. The number of anilines is 1. The lowest BCUT2D eigenvalue weighted by atomic mass is 10.1. The second kappa shape index (κ2) is 6.15. The van der Waals surface area contributed by atoms with Crippen molar-refractivity contribution >= 4 is 22.4 Å². The van der Waals surface area contributed by atoms with Crippen LogP contribution in [-0.2, 0) is 9.47 Å². The van der Waals surface area contributed by atoms with Crippen molar-refractivity contribution in [3.8, 4) is 0 Å². The Labute approximate surface area is 111 Å². The number of nitrogens with one attached hydrogen (secondary N) is 1. The SMILES string of the molecule is COC(=O)c1nc(NCCC2CCOC2)sc1C. The normalized spacial score (nSPS) is 18.9. The molecule has 2 rings (SSSR count). The van der Waals surface area contributed by atoms with E-state index in [9.17, 15) is 4.79 Å². The molecule has 0 spiro atoms. The van der Waals surface area contributed by atoms with E-state index in [1.165, 1.54) is 18.4 Å². The molecule has 100 valence electrons. The first-order chi connectivity index (χ1) is 8.70. The molecule has 0 radical (unpaired) electrons. The first kappa shape index (κ1) is 13.3. The first-order valence-corrected chi connectivity index (χ1v) is 6.89. The van der Waals surface area contributed by atoms with Crippen LogP contribution in [0.15, 0.2) is 0 Å². The van der Waals surface area contributed by atoms with Crippen molar-refractivity contribution in [2.75, 3.05) is 32.2 Å². The molecule has 1 aliphatic rings. The average Bonchev–Trinajstić information content (AvgIpc) is 2.98. The number of methoxy groups -OCH3 is 1. The molecule has 6 heteroatoms. The quantitative estimate of drug-likeness (QED) is 0.830. The van der Waals surface area contributed by atoms with Crippen molar-refractivity contribution in [1.82, 2.24) is 4.98 Å². The number of thiazole rings is 1. The summed E-state index contributed by atoms with van der Waals surface area (Å²) in [5.41, 5.74) is 0.411. The van der Waals surface area contributed by atoms with Crippen LogP contribution in [0.2, 0.25) is 0 Å². The van der Waals surface area contributed by atoms with E-state index in [-0.39, 0.29) is 5.97 Å². The molecule has 18 heavy (non-hydrogen) atoms. The van der Waals surface area contributed by atoms with Crippen molar-refractivity contribution in [3.05, 3.63) is 10.6 Å². The molecule has 1 unspecified atom stereocenters. The molecule has 1 aromatic heterocycles. The van der Waals surface area contributed by atoms with Gasteiger partial charge in [0.25, 0.3) is 0 Å². The maximum Gasteiger partial charge on any atom is 0.357 e. The lowest BCUT2D eigenvalue weighted by molar-refractivity contribution is 0.0594. The number of rotatable bonds is 5. The van der Waals surface area contributed by atoms with E-state index in [2.05, 4.69) is 15.0 Å². The molecule has 1 saturated heterocycles. The van der Waals surface area contributed by atoms with E-state index in [1.54, 1.807) is 0 Å². The topological polar surface area (TPSA) is 60.5 Å². The van der Waals surface area contributed by atoms with E-state index >= 15 is 0 Å². The Balaban J connectivity index is 1.83. The van der Waals surface area contributed by atoms with Gasteiger partial charge >= 0.3 is 5.97 Å². The molecule has 1 N–H and O–H groups in total. The van der Waals surface area contributed by atoms with Crippen molar-refractivity contribution < 1.29 is 14.3 Å².